The van der Waals surface area contributed by atoms with Crippen LogP contribution in [0.3, 0.4) is 0 Å². The number of anilines is 2. The van der Waals surface area contributed by atoms with Gasteiger partial charge in [-0.2, -0.15) is 43.9 Å². The monoisotopic (exact) mass is 747 g/mol. The van der Waals surface area contributed by atoms with Gasteiger partial charge < -0.3 is 14.7 Å². The molecule has 6 rings (SSSR count). The van der Waals surface area contributed by atoms with Crippen LogP contribution in [-0.2, 0) is 18.8 Å². The number of rotatable bonds is 11. The summed E-state index contributed by atoms with van der Waals surface area (Å²) in [7, 11) is 0. The van der Waals surface area contributed by atoms with Crippen LogP contribution in [0.1, 0.15) is 35.6 Å². The molecule has 0 unspecified atom stereocenters. The molecular formula is C40H31F10NO2. The molecule has 1 aliphatic carbocycles. The minimum absolute atomic E-state index is 0.00728. The first-order chi connectivity index (χ1) is 24.9. The van der Waals surface area contributed by atoms with Gasteiger partial charge in [0.15, 0.2) is 6.10 Å². The highest BCUT2D eigenvalue weighted by molar-refractivity contribution is 5.93. The Kier molecular flexibility index (Phi) is 10.0. The summed E-state index contributed by atoms with van der Waals surface area (Å²) in [6.45, 7) is 0.897. The van der Waals surface area contributed by atoms with Crippen molar-refractivity contribution in [1.29, 1.82) is 0 Å². The molecule has 0 fully saturated rings. The van der Waals surface area contributed by atoms with Crippen LogP contribution >= 0.6 is 0 Å². The molecular weight excluding hydrogens is 716 g/mol. The first kappa shape index (κ1) is 37.7. The van der Waals surface area contributed by atoms with Crippen molar-refractivity contribution in [2.24, 2.45) is 0 Å². The van der Waals surface area contributed by atoms with Crippen molar-refractivity contribution >= 4 is 11.4 Å². The van der Waals surface area contributed by atoms with Crippen LogP contribution < -0.4 is 9.64 Å². The molecule has 53 heavy (non-hydrogen) atoms. The van der Waals surface area contributed by atoms with Gasteiger partial charge in [0.05, 0.1) is 12.2 Å². The fourth-order valence-electron chi connectivity index (χ4n) is 6.48. The predicted molar refractivity (Wildman–Crippen MR) is 181 cm³/mol. The van der Waals surface area contributed by atoms with E-state index in [2.05, 4.69) is 0 Å². The number of ether oxygens (including phenoxy) is 1. The van der Waals surface area contributed by atoms with E-state index in [4.69, 9.17) is 4.74 Å². The molecule has 1 aliphatic rings. The summed E-state index contributed by atoms with van der Waals surface area (Å²) in [5.41, 5.74) is 1.53. The third-order valence-electron chi connectivity index (χ3n) is 9.05. The van der Waals surface area contributed by atoms with Gasteiger partial charge in [-0.05, 0) is 70.1 Å². The van der Waals surface area contributed by atoms with Crippen molar-refractivity contribution < 1.29 is 53.7 Å². The van der Waals surface area contributed by atoms with E-state index in [0.717, 1.165) is 40.5 Å². The van der Waals surface area contributed by atoms with E-state index in [1.54, 1.807) is 48.5 Å². The van der Waals surface area contributed by atoms with Gasteiger partial charge in [0.1, 0.15) is 11.5 Å². The highest BCUT2D eigenvalue weighted by Gasteiger charge is 2.73. The van der Waals surface area contributed by atoms with Crippen molar-refractivity contribution in [2.45, 2.75) is 56.5 Å². The van der Waals surface area contributed by atoms with E-state index < -0.39 is 42.4 Å². The van der Waals surface area contributed by atoms with Gasteiger partial charge in [0.2, 0.25) is 0 Å². The molecule has 0 aliphatic heterocycles. The average Bonchev–Trinajstić information content (AvgIpc) is 3.49. The van der Waals surface area contributed by atoms with Gasteiger partial charge in [0.25, 0.3) is 0 Å². The van der Waals surface area contributed by atoms with Crippen LogP contribution in [-0.4, -0.2) is 36.0 Å². The molecule has 0 saturated heterocycles. The van der Waals surface area contributed by atoms with Gasteiger partial charge in [-0.25, -0.2) is 0 Å². The highest BCUT2D eigenvalue weighted by Crippen LogP contribution is 2.53. The SMILES string of the molecule is CCCc1cccc(Oc2cccc(N(C[C@@H](O)C(F)(F)F)c3c(-c4cccc(C(F)(F)C(F)(F)C(F)(F)F)c4)ccc4c3Cc3ccccc3-4)c2)c1. The normalized spacial score (nSPS) is 13.7. The third kappa shape index (κ3) is 7.31. The van der Waals surface area contributed by atoms with Crippen LogP contribution in [0.5, 0.6) is 11.5 Å². The topological polar surface area (TPSA) is 32.7 Å². The average molecular weight is 748 g/mol. The van der Waals surface area contributed by atoms with Crippen molar-refractivity contribution in [3.63, 3.8) is 0 Å². The summed E-state index contributed by atoms with van der Waals surface area (Å²) in [4.78, 5) is 1.13. The maximum atomic E-state index is 15.0. The second-order valence-electron chi connectivity index (χ2n) is 12.7. The molecule has 0 heterocycles. The zero-order valence-corrected chi connectivity index (χ0v) is 27.9. The number of nitrogens with zero attached hydrogens (tertiary/aromatic N) is 1. The van der Waals surface area contributed by atoms with Crippen LogP contribution in [0, 0.1) is 0 Å². The minimum atomic E-state index is -6.59. The molecule has 0 aromatic heterocycles. The molecule has 1 atom stereocenters. The molecule has 0 saturated carbocycles. The standard InChI is InChI=1S/C40H31F10NO2/c1-2-8-24-9-5-14-29(19-24)53-30-15-7-13-28(22-30)51(23-35(52)38(43,44)45)36-32(17-18-33-31-16-4-3-10-26(31)21-34(33)36)25-11-6-12-27(20-25)37(41,42)39(46,47)40(48,49)50/h3-7,9-20,22,35,52H,2,8,21,23H2,1H3/t35-/m1/s1. The van der Waals surface area contributed by atoms with Gasteiger partial charge >= 0.3 is 24.2 Å². The summed E-state index contributed by atoms with van der Waals surface area (Å²) in [6.07, 6.45) is -12.9. The van der Waals surface area contributed by atoms with Crippen LogP contribution in [0.4, 0.5) is 55.3 Å². The van der Waals surface area contributed by atoms with Crippen molar-refractivity contribution in [3.8, 4) is 33.8 Å². The Hall–Kier alpha value is -5.04. The predicted octanol–water partition coefficient (Wildman–Crippen LogP) is 12.0. The number of hydrogen-bond donors (Lipinski definition) is 1. The van der Waals surface area contributed by atoms with Gasteiger partial charge in [0, 0.05) is 29.3 Å². The second-order valence-corrected chi connectivity index (χ2v) is 12.7. The molecule has 5 aromatic carbocycles. The molecule has 13 heteroatoms. The Labute approximate surface area is 298 Å². The summed E-state index contributed by atoms with van der Waals surface area (Å²) in [5.74, 6) is -11.5. The Morgan fingerprint density at radius 3 is 2.06 bits per heavy atom. The van der Waals surface area contributed by atoms with Crippen LogP contribution in [0.2, 0.25) is 0 Å². The van der Waals surface area contributed by atoms with E-state index in [-0.39, 0.29) is 34.7 Å². The number of alkyl halides is 10. The number of benzene rings is 5. The summed E-state index contributed by atoms with van der Waals surface area (Å²) in [5, 5.41) is 10.5. The van der Waals surface area contributed by atoms with Crippen molar-refractivity contribution in [1.82, 2.24) is 0 Å². The van der Waals surface area contributed by atoms with Gasteiger partial charge in [-0.15, -0.1) is 0 Å². The van der Waals surface area contributed by atoms with Gasteiger partial charge in [-0.1, -0.05) is 86.1 Å². The highest BCUT2D eigenvalue weighted by atomic mass is 19.4. The number of halogens is 10. The summed E-state index contributed by atoms with van der Waals surface area (Å²) >= 11 is 0. The molecule has 0 spiro atoms. The van der Waals surface area contributed by atoms with E-state index in [9.17, 15) is 49.0 Å². The number of aryl methyl sites for hydroxylation is 1. The maximum Gasteiger partial charge on any atom is 0.460 e. The molecule has 1 N–H and O–H groups in total. The van der Waals surface area contributed by atoms with E-state index >= 15 is 0 Å². The van der Waals surface area contributed by atoms with E-state index in [1.165, 1.54) is 30.3 Å². The second kappa shape index (κ2) is 14.1. The van der Waals surface area contributed by atoms with Crippen LogP contribution in [0.25, 0.3) is 22.3 Å². The number of aliphatic hydroxyl groups excluding tert-OH is 1. The van der Waals surface area contributed by atoms with Crippen LogP contribution in [0.15, 0.2) is 109 Å². The Balaban J connectivity index is 1.55. The van der Waals surface area contributed by atoms with Gasteiger partial charge in [-0.3, -0.25) is 0 Å². The molecule has 3 nitrogen and oxygen atoms in total. The van der Waals surface area contributed by atoms with E-state index in [0.29, 0.717) is 29.0 Å². The quantitative estimate of drug-likeness (QED) is 0.134. The summed E-state index contributed by atoms with van der Waals surface area (Å²) in [6, 6.07) is 26.1. The Morgan fingerprint density at radius 2 is 1.36 bits per heavy atom. The first-order valence-corrected chi connectivity index (χ1v) is 16.5. The third-order valence-corrected chi connectivity index (χ3v) is 9.05. The molecule has 0 radical (unpaired) electrons. The maximum absolute atomic E-state index is 15.0. The lowest BCUT2D eigenvalue weighted by atomic mass is 9.92. The Morgan fingerprint density at radius 1 is 0.698 bits per heavy atom. The van der Waals surface area contributed by atoms with Crippen molar-refractivity contribution in [3.05, 3.63) is 131 Å². The first-order valence-electron chi connectivity index (χ1n) is 16.5. The zero-order chi connectivity index (χ0) is 38.3. The zero-order valence-electron chi connectivity index (χ0n) is 27.9. The van der Waals surface area contributed by atoms with Crippen molar-refractivity contribution in [2.75, 3.05) is 11.4 Å². The molecule has 278 valence electrons. The molecule has 0 bridgehead atoms. The largest absolute Gasteiger partial charge is 0.460 e. The summed E-state index contributed by atoms with van der Waals surface area (Å²) < 4.78 is 146. The number of hydrogen-bond acceptors (Lipinski definition) is 3. The van der Waals surface area contributed by atoms with E-state index in [1.807, 2.05) is 19.1 Å². The lowest BCUT2D eigenvalue weighted by Crippen LogP contribution is -2.50. The molecule has 0 amide bonds. The molecule has 5 aromatic rings. The fraction of sp³-hybridized carbons (Fsp3) is 0.250. The number of aliphatic hydroxyl groups is 1. The lowest BCUT2D eigenvalue weighted by molar-refractivity contribution is -0.359. The lowest BCUT2D eigenvalue weighted by Gasteiger charge is -2.33. The smallest absolute Gasteiger partial charge is 0.457 e. The minimum Gasteiger partial charge on any atom is -0.457 e. The fourth-order valence-corrected chi connectivity index (χ4v) is 6.48. The Bertz CT molecular complexity index is 2110. The number of fused-ring (bicyclic) bond motifs is 3.